The van der Waals surface area contributed by atoms with Crippen molar-refractivity contribution in [1.29, 1.82) is 0 Å². The van der Waals surface area contributed by atoms with Gasteiger partial charge in [0.15, 0.2) is 0 Å². The molecule has 0 radical (unpaired) electrons. The fourth-order valence-corrected chi connectivity index (χ4v) is 2.83. The number of carbonyl (C=O) groups excluding carboxylic acids is 1. The summed E-state index contributed by atoms with van der Waals surface area (Å²) in [4.78, 5) is 16.3. The summed E-state index contributed by atoms with van der Waals surface area (Å²) in [5, 5.41) is 7.20. The van der Waals surface area contributed by atoms with Crippen LogP contribution in [0.15, 0.2) is 77.2 Å². The predicted molar refractivity (Wildman–Crippen MR) is 103 cm³/mol. The molecule has 5 heteroatoms. The van der Waals surface area contributed by atoms with Gasteiger partial charge in [0.1, 0.15) is 0 Å². The molecule has 124 valence electrons. The molecule has 3 rings (SSSR count). The maximum atomic E-state index is 12.1. The van der Waals surface area contributed by atoms with Crippen molar-refractivity contribution in [2.45, 2.75) is 6.92 Å². The summed E-state index contributed by atoms with van der Waals surface area (Å²) in [5.74, 6) is -0.296. The third kappa shape index (κ3) is 4.71. The number of nitrogens with one attached hydrogen (secondary N) is 1. The number of hydrazone groups is 1. The Bertz CT molecular complexity index is 857. The molecule has 2 aromatic carbocycles. The van der Waals surface area contributed by atoms with E-state index in [1.165, 1.54) is 6.08 Å². The highest BCUT2D eigenvalue weighted by Gasteiger charge is 2.07. The molecule has 1 N–H and O–H groups in total. The Kier molecular flexibility index (Phi) is 5.49. The monoisotopic (exact) mass is 347 g/mol. The second-order valence-corrected chi connectivity index (χ2v) is 6.36. The molecular formula is C20H17N3OS. The van der Waals surface area contributed by atoms with Crippen molar-refractivity contribution >= 4 is 29.0 Å². The van der Waals surface area contributed by atoms with Crippen LogP contribution < -0.4 is 5.43 Å². The van der Waals surface area contributed by atoms with E-state index < -0.39 is 0 Å². The zero-order valence-corrected chi connectivity index (χ0v) is 14.5. The number of thiazole rings is 1. The molecule has 0 aliphatic rings. The molecule has 0 aliphatic heterocycles. The van der Waals surface area contributed by atoms with Gasteiger partial charge in [0.2, 0.25) is 0 Å². The van der Waals surface area contributed by atoms with Crippen molar-refractivity contribution in [3.63, 3.8) is 0 Å². The Labute approximate surface area is 150 Å². The maximum Gasteiger partial charge on any atom is 0.264 e. The lowest BCUT2D eigenvalue weighted by Gasteiger charge is -2.07. The Morgan fingerprint density at radius 2 is 1.64 bits per heavy atom. The summed E-state index contributed by atoms with van der Waals surface area (Å²) in [6.07, 6.45) is 3.12. The summed E-state index contributed by atoms with van der Waals surface area (Å²) >= 11 is 1.55. The van der Waals surface area contributed by atoms with Crippen molar-refractivity contribution in [2.24, 2.45) is 5.10 Å². The van der Waals surface area contributed by atoms with Gasteiger partial charge in [-0.25, -0.2) is 10.4 Å². The van der Waals surface area contributed by atoms with Gasteiger partial charge in [-0.15, -0.1) is 11.3 Å². The van der Waals surface area contributed by atoms with Gasteiger partial charge >= 0.3 is 0 Å². The van der Waals surface area contributed by atoms with Gasteiger partial charge in [0.25, 0.3) is 5.91 Å². The van der Waals surface area contributed by atoms with Crippen LogP contribution in [0.3, 0.4) is 0 Å². The first kappa shape index (κ1) is 16.8. The van der Waals surface area contributed by atoms with E-state index in [4.69, 9.17) is 0 Å². The van der Waals surface area contributed by atoms with Crippen molar-refractivity contribution in [3.8, 4) is 0 Å². The number of hydrogen-bond acceptors (Lipinski definition) is 4. The highest BCUT2D eigenvalue weighted by molar-refractivity contribution is 7.09. The lowest BCUT2D eigenvalue weighted by molar-refractivity contribution is -0.116. The van der Waals surface area contributed by atoms with Crippen LogP contribution in [0.2, 0.25) is 0 Å². The minimum atomic E-state index is -0.296. The number of aromatic nitrogens is 1. The second kappa shape index (κ2) is 8.17. The third-order valence-electron chi connectivity index (χ3n) is 3.41. The van der Waals surface area contributed by atoms with E-state index >= 15 is 0 Å². The first-order valence-corrected chi connectivity index (χ1v) is 8.69. The molecule has 0 spiro atoms. The number of hydrogen-bond donors (Lipinski definition) is 1. The topological polar surface area (TPSA) is 54.4 Å². The summed E-state index contributed by atoms with van der Waals surface area (Å²) < 4.78 is 0. The van der Waals surface area contributed by atoms with Gasteiger partial charge < -0.3 is 0 Å². The first-order chi connectivity index (χ1) is 12.2. The molecule has 0 unspecified atom stereocenters. The largest absolute Gasteiger partial charge is 0.268 e. The van der Waals surface area contributed by atoms with Crippen LogP contribution >= 0.6 is 11.3 Å². The zero-order valence-electron chi connectivity index (χ0n) is 13.7. The fourth-order valence-electron chi connectivity index (χ4n) is 2.25. The lowest BCUT2D eigenvalue weighted by Crippen LogP contribution is -2.18. The molecule has 0 atom stereocenters. The Morgan fingerprint density at radius 3 is 2.16 bits per heavy atom. The standard InChI is InChI=1S/C20H17N3OS/c1-15-21-18(14-25-15)12-13-19(24)22-23-20(16-8-4-2-5-9-16)17-10-6-3-7-11-17/h2-14H,1H3,(H,22,24). The van der Waals surface area contributed by atoms with Crippen LogP contribution in [0, 0.1) is 6.92 Å². The predicted octanol–water partition coefficient (Wildman–Crippen LogP) is 4.03. The summed E-state index contributed by atoms with van der Waals surface area (Å²) in [6.45, 7) is 1.93. The Hall–Kier alpha value is -3.05. The molecule has 0 saturated carbocycles. The molecule has 0 aliphatic carbocycles. The zero-order chi connectivity index (χ0) is 17.5. The van der Waals surface area contributed by atoms with Crippen LogP contribution in [0.5, 0.6) is 0 Å². The van der Waals surface area contributed by atoms with E-state index in [2.05, 4.69) is 15.5 Å². The van der Waals surface area contributed by atoms with Gasteiger partial charge in [-0.3, -0.25) is 4.79 Å². The SMILES string of the molecule is Cc1nc(C=CC(=O)NN=C(c2ccccc2)c2ccccc2)cs1. The smallest absolute Gasteiger partial charge is 0.264 e. The van der Waals surface area contributed by atoms with Crippen LogP contribution in [-0.4, -0.2) is 16.6 Å². The Balaban J connectivity index is 1.79. The van der Waals surface area contributed by atoms with Crippen LogP contribution in [0.1, 0.15) is 21.8 Å². The van der Waals surface area contributed by atoms with Crippen LogP contribution in [-0.2, 0) is 4.79 Å². The number of aryl methyl sites for hydroxylation is 1. The fraction of sp³-hybridized carbons (Fsp3) is 0.0500. The normalized spacial score (nSPS) is 10.6. The van der Waals surface area contributed by atoms with Gasteiger partial charge in [-0.05, 0) is 13.0 Å². The summed E-state index contributed by atoms with van der Waals surface area (Å²) in [5.41, 5.74) is 5.96. The van der Waals surface area contributed by atoms with Gasteiger partial charge in [-0.2, -0.15) is 5.10 Å². The highest BCUT2D eigenvalue weighted by atomic mass is 32.1. The molecule has 25 heavy (non-hydrogen) atoms. The third-order valence-corrected chi connectivity index (χ3v) is 4.21. The molecule has 1 aromatic heterocycles. The van der Waals surface area contributed by atoms with Crippen molar-refractivity contribution in [1.82, 2.24) is 10.4 Å². The minimum absolute atomic E-state index is 0.296. The van der Waals surface area contributed by atoms with E-state index in [-0.39, 0.29) is 5.91 Å². The van der Waals surface area contributed by atoms with Crippen molar-refractivity contribution < 1.29 is 4.79 Å². The van der Waals surface area contributed by atoms with Gasteiger partial charge in [0.05, 0.1) is 16.4 Å². The van der Waals surface area contributed by atoms with Gasteiger partial charge in [0, 0.05) is 22.6 Å². The van der Waals surface area contributed by atoms with E-state index in [0.29, 0.717) is 5.71 Å². The van der Waals surface area contributed by atoms with Crippen LogP contribution in [0.4, 0.5) is 0 Å². The quantitative estimate of drug-likeness (QED) is 0.430. The molecule has 1 heterocycles. The van der Waals surface area contributed by atoms with Gasteiger partial charge in [-0.1, -0.05) is 60.7 Å². The average molecular weight is 347 g/mol. The number of nitrogens with zero attached hydrogens (tertiary/aromatic N) is 2. The summed E-state index contributed by atoms with van der Waals surface area (Å²) in [7, 11) is 0. The highest BCUT2D eigenvalue weighted by Crippen LogP contribution is 2.11. The molecule has 0 bridgehead atoms. The van der Waals surface area contributed by atoms with E-state index in [0.717, 1.165) is 21.8 Å². The molecule has 0 fully saturated rings. The van der Waals surface area contributed by atoms with E-state index in [9.17, 15) is 4.79 Å². The van der Waals surface area contributed by atoms with E-state index in [1.54, 1.807) is 17.4 Å². The summed E-state index contributed by atoms with van der Waals surface area (Å²) in [6, 6.07) is 19.5. The molecular weight excluding hydrogens is 330 g/mol. The minimum Gasteiger partial charge on any atom is -0.268 e. The second-order valence-electron chi connectivity index (χ2n) is 5.29. The molecule has 4 nitrogen and oxygen atoms in total. The maximum absolute atomic E-state index is 12.1. The molecule has 3 aromatic rings. The van der Waals surface area contributed by atoms with Crippen LogP contribution in [0.25, 0.3) is 6.08 Å². The molecule has 1 amide bonds. The lowest BCUT2D eigenvalue weighted by atomic mass is 10.0. The number of rotatable bonds is 5. The van der Waals surface area contributed by atoms with Crippen molar-refractivity contribution in [3.05, 3.63) is 93.9 Å². The average Bonchev–Trinajstić information content (AvgIpc) is 3.07. The number of amides is 1. The first-order valence-electron chi connectivity index (χ1n) is 7.81. The molecule has 0 saturated heterocycles. The Morgan fingerprint density at radius 1 is 1.04 bits per heavy atom. The van der Waals surface area contributed by atoms with E-state index in [1.807, 2.05) is 73.0 Å². The number of carbonyl (C=O) groups is 1. The number of benzene rings is 2. The van der Waals surface area contributed by atoms with Crippen molar-refractivity contribution in [2.75, 3.05) is 0 Å².